The van der Waals surface area contributed by atoms with E-state index in [0.29, 0.717) is 0 Å². The summed E-state index contributed by atoms with van der Waals surface area (Å²) >= 11 is 1.58. The number of benzene rings is 1. The quantitative estimate of drug-likeness (QED) is 0.923. The number of Topliss-reactive ketones (excluding diaryl/α,β-unsaturated/α-hetero) is 1. The Hall–Kier alpha value is -1.29. The molecule has 1 aliphatic rings. The largest absolute Gasteiger partial charge is 0.348 e. The van der Waals surface area contributed by atoms with Crippen LogP contribution in [0.4, 0.5) is 0 Å². The van der Waals surface area contributed by atoms with Crippen LogP contribution in [0.5, 0.6) is 0 Å². The summed E-state index contributed by atoms with van der Waals surface area (Å²) in [5, 5.41) is 2.65. The first-order chi connectivity index (χ1) is 8.88. The van der Waals surface area contributed by atoms with E-state index in [0.717, 1.165) is 6.42 Å². The normalized spacial score (nSPS) is 17.9. The fourth-order valence-corrected chi connectivity index (χ4v) is 3.09. The molecule has 3 nitrogen and oxygen atoms in total. The molecule has 0 fully saturated rings. The number of carbonyl (C=O) groups is 2. The average molecular weight is 277 g/mol. The Bertz CT molecular complexity index is 480. The standard InChI is InChI=1S/C15H19NO2S/c1-15(2,3)13(17)9-16-14(18)12-8-10-6-4-5-7-11(10)19-12/h4-7,12H,8-9H2,1-3H3,(H,16,18). The van der Waals surface area contributed by atoms with Gasteiger partial charge in [0, 0.05) is 10.3 Å². The van der Waals surface area contributed by atoms with Crippen LogP contribution in [0.2, 0.25) is 0 Å². The van der Waals surface area contributed by atoms with Gasteiger partial charge in [0.25, 0.3) is 0 Å². The van der Waals surface area contributed by atoms with Crippen LogP contribution in [0, 0.1) is 5.41 Å². The van der Waals surface area contributed by atoms with E-state index in [2.05, 4.69) is 11.4 Å². The van der Waals surface area contributed by atoms with Gasteiger partial charge in [-0.2, -0.15) is 0 Å². The average Bonchev–Trinajstić information content (AvgIpc) is 2.78. The van der Waals surface area contributed by atoms with Gasteiger partial charge in [0.15, 0.2) is 5.78 Å². The molecule has 0 radical (unpaired) electrons. The summed E-state index contributed by atoms with van der Waals surface area (Å²) in [5.41, 5.74) is 0.814. The molecule has 1 aromatic carbocycles. The number of thioether (sulfide) groups is 1. The lowest BCUT2D eigenvalue weighted by Crippen LogP contribution is -2.39. The number of rotatable bonds is 3. The van der Waals surface area contributed by atoms with Gasteiger partial charge in [-0.1, -0.05) is 39.0 Å². The van der Waals surface area contributed by atoms with Crippen LogP contribution in [0.3, 0.4) is 0 Å². The number of fused-ring (bicyclic) bond motifs is 1. The third-order valence-electron chi connectivity index (χ3n) is 3.20. The second kappa shape index (κ2) is 5.37. The number of amides is 1. The van der Waals surface area contributed by atoms with Crippen molar-refractivity contribution in [3.05, 3.63) is 29.8 Å². The minimum absolute atomic E-state index is 0.0428. The zero-order valence-corrected chi connectivity index (χ0v) is 12.3. The van der Waals surface area contributed by atoms with Crippen LogP contribution in [0.1, 0.15) is 26.3 Å². The predicted molar refractivity (Wildman–Crippen MR) is 77.3 cm³/mol. The molecule has 1 amide bonds. The molecule has 102 valence electrons. The molecule has 1 aromatic rings. The smallest absolute Gasteiger partial charge is 0.234 e. The van der Waals surface area contributed by atoms with Gasteiger partial charge in [-0.3, -0.25) is 9.59 Å². The van der Waals surface area contributed by atoms with Crippen molar-refractivity contribution in [3.63, 3.8) is 0 Å². The van der Waals surface area contributed by atoms with E-state index in [1.165, 1.54) is 10.5 Å². The third-order valence-corrected chi connectivity index (χ3v) is 4.52. The van der Waals surface area contributed by atoms with Crippen molar-refractivity contribution < 1.29 is 9.59 Å². The van der Waals surface area contributed by atoms with E-state index in [4.69, 9.17) is 0 Å². The second-order valence-corrected chi connectivity index (χ2v) is 7.05. The summed E-state index contributed by atoms with van der Waals surface area (Å²) in [7, 11) is 0. The first kappa shape index (κ1) is 14.1. The zero-order chi connectivity index (χ0) is 14.0. The first-order valence-electron chi connectivity index (χ1n) is 6.43. The summed E-state index contributed by atoms with van der Waals surface area (Å²) in [4.78, 5) is 25.0. The molecule has 0 bridgehead atoms. The van der Waals surface area contributed by atoms with Crippen molar-refractivity contribution in [3.8, 4) is 0 Å². The number of carbonyl (C=O) groups excluding carboxylic acids is 2. The Morgan fingerprint density at radius 1 is 1.32 bits per heavy atom. The fourth-order valence-electron chi connectivity index (χ4n) is 1.87. The van der Waals surface area contributed by atoms with Crippen LogP contribution in [-0.2, 0) is 16.0 Å². The summed E-state index contributed by atoms with van der Waals surface area (Å²) in [6, 6.07) is 8.06. The maximum atomic E-state index is 12.1. The highest BCUT2D eigenvalue weighted by Gasteiger charge is 2.29. The Kier molecular flexibility index (Phi) is 3.99. The Morgan fingerprint density at radius 2 is 2.00 bits per heavy atom. The molecule has 2 rings (SSSR count). The van der Waals surface area contributed by atoms with Crippen molar-refractivity contribution in [2.24, 2.45) is 5.41 Å². The number of hydrogen-bond donors (Lipinski definition) is 1. The van der Waals surface area contributed by atoms with Crippen molar-refractivity contribution in [1.29, 1.82) is 0 Å². The summed E-state index contributed by atoms with van der Waals surface area (Å²) in [6.45, 7) is 5.71. The predicted octanol–water partition coefficient (Wildman–Crippen LogP) is 2.43. The van der Waals surface area contributed by atoms with E-state index in [1.807, 2.05) is 39.0 Å². The summed E-state index contributed by atoms with van der Waals surface area (Å²) < 4.78 is 0. The zero-order valence-electron chi connectivity index (χ0n) is 11.5. The minimum atomic E-state index is -0.404. The molecule has 19 heavy (non-hydrogen) atoms. The summed E-state index contributed by atoms with van der Waals surface area (Å²) in [6.07, 6.45) is 0.746. The minimum Gasteiger partial charge on any atom is -0.348 e. The van der Waals surface area contributed by atoms with E-state index >= 15 is 0 Å². The number of ketones is 1. The van der Waals surface area contributed by atoms with Crippen molar-refractivity contribution in [2.75, 3.05) is 6.54 Å². The van der Waals surface area contributed by atoms with Gasteiger partial charge in [0.1, 0.15) is 0 Å². The lowest BCUT2D eigenvalue weighted by Gasteiger charge is -2.17. The Morgan fingerprint density at radius 3 is 2.63 bits per heavy atom. The van der Waals surface area contributed by atoms with Gasteiger partial charge in [-0.05, 0) is 18.1 Å². The lowest BCUT2D eigenvalue weighted by molar-refractivity contribution is -0.128. The van der Waals surface area contributed by atoms with Crippen LogP contribution in [0.15, 0.2) is 29.2 Å². The van der Waals surface area contributed by atoms with E-state index in [-0.39, 0.29) is 23.5 Å². The highest BCUT2D eigenvalue weighted by atomic mass is 32.2. The van der Waals surface area contributed by atoms with Crippen LogP contribution >= 0.6 is 11.8 Å². The van der Waals surface area contributed by atoms with E-state index in [9.17, 15) is 9.59 Å². The van der Waals surface area contributed by atoms with Crippen LogP contribution in [-0.4, -0.2) is 23.5 Å². The van der Waals surface area contributed by atoms with Crippen molar-refractivity contribution in [1.82, 2.24) is 5.32 Å². The topological polar surface area (TPSA) is 46.2 Å². The molecule has 1 unspecified atom stereocenters. The van der Waals surface area contributed by atoms with Gasteiger partial charge in [0.2, 0.25) is 5.91 Å². The lowest BCUT2D eigenvalue weighted by atomic mass is 9.91. The van der Waals surface area contributed by atoms with E-state index in [1.54, 1.807) is 11.8 Å². The van der Waals surface area contributed by atoms with Gasteiger partial charge in [-0.25, -0.2) is 0 Å². The summed E-state index contributed by atoms with van der Waals surface area (Å²) in [5.74, 6) is 0.0140. The molecular weight excluding hydrogens is 258 g/mol. The Balaban J connectivity index is 1.89. The van der Waals surface area contributed by atoms with Gasteiger partial charge < -0.3 is 5.32 Å². The molecule has 0 aliphatic carbocycles. The maximum absolute atomic E-state index is 12.1. The second-order valence-electron chi connectivity index (χ2n) is 5.81. The monoisotopic (exact) mass is 277 g/mol. The van der Waals surface area contributed by atoms with Crippen LogP contribution < -0.4 is 5.32 Å². The molecular formula is C15H19NO2S. The highest BCUT2D eigenvalue weighted by Crippen LogP contribution is 2.36. The molecule has 1 atom stereocenters. The third kappa shape index (κ3) is 3.38. The molecule has 4 heteroatoms. The van der Waals surface area contributed by atoms with Gasteiger partial charge >= 0.3 is 0 Å². The number of hydrogen-bond acceptors (Lipinski definition) is 3. The SMILES string of the molecule is CC(C)(C)C(=O)CNC(=O)C1Cc2ccccc2S1. The fraction of sp³-hybridized carbons (Fsp3) is 0.467. The number of nitrogens with one attached hydrogen (secondary N) is 1. The van der Waals surface area contributed by atoms with Crippen LogP contribution in [0.25, 0.3) is 0 Å². The molecule has 0 saturated heterocycles. The molecule has 0 saturated carbocycles. The molecule has 1 heterocycles. The van der Waals surface area contributed by atoms with E-state index < -0.39 is 5.41 Å². The first-order valence-corrected chi connectivity index (χ1v) is 7.31. The van der Waals surface area contributed by atoms with Gasteiger partial charge in [-0.15, -0.1) is 11.8 Å². The molecule has 1 N–H and O–H groups in total. The van der Waals surface area contributed by atoms with Crippen molar-refractivity contribution >= 4 is 23.5 Å². The highest BCUT2D eigenvalue weighted by molar-refractivity contribution is 8.01. The van der Waals surface area contributed by atoms with Crippen molar-refractivity contribution in [2.45, 2.75) is 37.3 Å². The van der Waals surface area contributed by atoms with Gasteiger partial charge in [0.05, 0.1) is 11.8 Å². The molecule has 0 spiro atoms. The Labute approximate surface area is 118 Å². The molecule has 0 aromatic heterocycles. The maximum Gasteiger partial charge on any atom is 0.234 e. The molecule has 1 aliphatic heterocycles.